The second-order valence-electron chi connectivity index (χ2n) is 6.39. The van der Waals surface area contributed by atoms with Crippen LogP contribution in [-0.2, 0) is 24.3 Å². The first-order valence-corrected chi connectivity index (χ1v) is 8.33. The topological polar surface area (TPSA) is 95.4 Å². The van der Waals surface area contributed by atoms with Gasteiger partial charge in [-0.05, 0) is 41.8 Å². The van der Waals surface area contributed by atoms with E-state index in [-0.39, 0.29) is 18.2 Å². The minimum atomic E-state index is -0.600. The maximum Gasteiger partial charge on any atom is 0.329 e. The molecule has 0 bridgehead atoms. The van der Waals surface area contributed by atoms with Crippen LogP contribution in [0.3, 0.4) is 0 Å². The third kappa shape index (κ3) is 2.77. The molecule has 1 amide bonds. The van der Waals surface area contributed by atoms with Crippen molar-refractivity contribution in [3.63, 3.8) is 0 Å². The van der Waals surface area contributed by atoms with Crippen LogP contribution in [0, 0.1) is 0 Å². The number of aromatic hydroxyl groups is 1. The van der Waals surface area contributed by atoms with Crippen LogP contribution in [0.1, 0.15) is 11.1 Å². The number of nitrogens with zero attached hydrogens (tertiary/aromatic N) is 2. The zero-order chi connectivity index (χ0) is 18.3. The van der Waals surface area contributed by atoms with Crippen molar-refractivity contribution in [3.05, 3.63) is 74.4 Å². The molecule has 4 rings (SSSR count). The van der Waals surface area contributed by atoms with Crippen molar-refractivity contribution < 1.29 is 9.90 Å². The molecule has 1 aromatic heterocycles. The summed E-state index contributed by atoms with van der Waals surface area (Å²) in [4.78, 5) is 41.7. The molecule has 7 nitrogen and oxygen atoms in total. The fourth-order valence-corrected chi connectivity index (χ4v) is 3.33. The predicted octanol–water partition coefficient (Wildman–Crippen LogP) is 0.980. The lowest BCUT2D eigenvalue weighted by Gasteiger charge is -2.29. The molecule has 0 saturated heterocycles. The number of benzene rings is 2. The summed E-state index contributed by atoms with van der Waals surface area (Å²) in [5, 5.41) is 10.00. The van der Waals surface area contributed by atoms with Crippen molar-refractivity contribution >= 4 is 16.8 Å². The van der Waals surface area contributed by atoms with E-state index in [9.17, 15) is 19.5 Å². The maximum atomic E-state index is 12.7. The minimum Gasteiger partial charge on any atom is -0.508 e. The van der Waals surface area contributed by atoms with Crippen LogP contribution in [-0.4, -0.2) is 32.0 Å². The summed E-state index contributed by atoms with van der Waals surface area (Å²) in [5.74, 6) is -0.151. The van der Waals surface area contributed by atoms with E-state index < -0.39 is 11.2 Å². The number of phenolic OH excluding ortho intramolecular Hbond substituents is 1. The molecule has 2 aromatic carbocycles. The Labute approximate surface area is 148 Å². The third-order valence-corrected chi connectivity index (χ3v) is 4.74. The molecule has 1 aliphatic heterocycles. The predicted molar refractivity (Wildman–Crippen MR) is 96.1 cm³/mol. The van der Waals surface area contributed by atoms with E-state index in [1.165, 1.54) is 0 Å². The SMILES string of the molecule is O=C(Cn1c(=O)[nH]c2ccccc2c1=O)N1CCc2ccc(O)cc2C1. The van der Waals surface area contributed by atoms with Gasteiger partial charge in [-0.2, -0.15) is 0 Å². The van der Waals surface area contributed by atoms with Gasteiger partial charge in [0.15, 0.2) is 0 Å². The fraction of sp³-hybridized carbons (Fsp3) is 0.211. The Morgan fingerprint density at radius 3 is 2.77 bits per heavy atom. The van der Waals surface area contributed by atoms with Gasteiger partial charge in [0.05, 0.1) is 10.9 Å². The van der Waals surface area contributed by atoms with Crippen molar-refractivity contribution in [1.29, 1.82) is 0 Å². The molecule has 3 aromatic rings. The van der Waals surface area contributed by atoms with Crippen molar-refractivity contribution in [2.75, 3.05) is 6.54 Å². The first-order chi connectivity index (χ1) is 12.5. The van der Waals surface area contributed by atoms with Crippen molar-refractivity contribution in [3.8, 4) is 5.75 Å². The number of phenols is 1. The Balaban J connectivity index is 1.62. The highest BCUT2D eigenvalue weighted by Crippen LogP contribution is 2.23. The van der Waals surface area contributed by atoms with E-state index in [0.717, 1.165) is 15.7 Å². The second-order valence-corrected chi connectivity index (χ2v) is 6.39. The number of carbonyl (C=O) groups is 1. The Kier molecular flexibility index (Phi) is 3.84. The molecular weight excluding hydrogens is 334 g/mol. The summed E-state index contributed by atoms with van der Waals surface area (Å²) in [6.07, 6.45) is 0.671. The van der Waals surface area contributed by atoms with E-state index in [1.807, 2.05) is 6.07 Å². The highest BCUT2D eigenvalue weighted by Gasteiger charge is 2.22. The largest absolute Gasteiger partial charge is 0.508 e. The lowest BCUT2D eigenvalue weighted by molar-refractivity contribution is -0.132. The van der Waals surface area contributed by atoms with Crippen LogP contribution in [0.15, 0.2) is 52.1 Å². The molecule has 0 saturated carbocycles. The summed E-state index contributed by atoms with van der Waals surface area (Å²) >= 11 is 0. The van der Waals surface area contributed by atoms with Gasteiger partial charge in [-0.15, -0.1) is 0 Å². The normalized spacial score (nSPS) is 13.6. The summed E-state index contributed by atoms with van der Waals surface area (Å²) in [7, 11) is 0. The first kappa shape index (κ1) is 16.1. The number of fused-ring (bicyclic) bond motifs is 2. The van der Waals surface area contributed by atoms with Gasteiger partial charge in [0.1, 0.15) is 12.3 Å². The van der Waals surface area contributed by atoms with Gasteiger partial charge in [0.25, 0.3) is 5.56 Å². The number of aromatic amines is 1. The number of carbonyl (C=O) groups excluding carboxylic acids is 1. The monoisotopic (exact) mass is 351 g/mol. The molecule has 0 radical (unpaired) electrons. The van der Waals surface area contributed by atoms with Gasteiger partial charge in [0.2, 0.25) is 5.91 Å². The summed E-state index contributed by atoms with van der Waals surface area (Å²) in [6.45, 7) is 0.548. The van der Waals surface area contributed by atoms with Gasteiger partial charge < -0.3 is 15.0 Å². The standard InChI is InChI=1S/C19H17N3O4/c23-14-6-5-12-7-8-21(10-13(12)9-14)17(24)11-22-18(25)15-3-1-2-4-16(15)20-19(22)26/h1-6,9,23H,7-8,10-11H2,(H,20,26). The van der Waals surface area contributed by atoms with Crippen LogP contribution >= 0.6 is 0 Å². The lowest BCUT2D eigenvalue weighted by Crippen LogP contribution is -2.43. The minimum absolute atomic E-state index is 0.153. The van der Waals surface area contributed by atoms with Crippen LogP contribution in [0.4, 0.5) is 0 Å². The Bertz CT molecular complexity index is 1130. The van der Waals surface area contributed by atoms with Crippen molar-refractivity contribution in [1.82, 2.24) is 14.5 Å². The number of nitrogens with one attached hydrogen (secondary N) is 1. The average Bonchev–Trinajstić information content (AvgIpc) is 2.64. The number of H-pyrrole nitrogens is 1. The summed E-state index contributed by atoms with van der Waals surface area (Å²) in [6, 6.07) is 11.8. The molecule has 0 fully saturated rings. The number of hydrogen-bond acceptors (Lipinski definition) is 4. The highest BCUT2D eigenvalue weighted by molar-refractivity contribution is 5.79. The van der Waals surface area contributed by atoms with Crippen LogP contribution in [0.2, 0.25) is 0 Å². The Morgan fingerprint density at radius 1 is 1.12 bits per heavy atom. The Morgan fingerprint density at radius 2 is 1.92 bits per heavy atom. The number of aromatic nitrogens is 2. The molecule has 2 heterocycles. The van der Waals surface area contributed by atoms with Gasteiger partial charge >= 0.3 is 5.69 Å². The van der Waals surface area contributed by atoms with Gasteiger partial charge in [0, 0.05) is 13.1 Å². The third-order valence-electron chi connectivity index (χ3n) is 4.74. The molecule has 0 aliphatic carbocycles. The molecule has 132 valence electrons. The average molecular weight is 351 g/mol. The molecule has 7 heteroatoms. The molecule has 26 heavy (non-hydrogen) atoms. The number of hydrogen-bond donors (Lipinski definition) is 2. The quantitative estimate of drug-likeness (QED) is 0.719. The zero-order valence-corrected chi connectivity index (χ0v) is 13.9. The van der Waals surface area contributed by atoms with E-state index in [1.54, 1.807) is 41.3 Å². The Hall–Kier alpha value is -3.35. The van der Waals surface area contributed by atoms with E-state index >= 15 is 0 Å². The van der Waals surface area contributed by atoms with E-state index in [4.69, 9.17) is 0 Å². The van der Waals surface area contributed by atoms with E-state index in [0.29, 0.717) is 30.4 Å². The van der Waals surface area contributed by atoms with Gasteiger partial charge in [-0.25, -0.2) is 4.79 Å². The lowest BCUT2D eigenvalue weighted by atomic mass is 9.99. The molecule has 0 spiro atoms. The van der Waals surface area contributed by atoms with Crippen molar-refractivity contribution in [2.45, 2.75) is 19.5 Å². The summed E-state index contributed by atoms with van der Waals surface area (Å²) in [5.41, 5.74) is 1.34. The molecular formula is C19H17N3O4. The number of amides is 1. The second kappa shape index (κ2) is 6.18. The molecule has 0 atom stereocenters. The van der Waals surface area contributed by atoms with Gasteiger partial charge in [-0.3, -0.25) is 14.2 Å². The maximum absolute atomic E-state index is 12.7. The van der Waals surface area contributed by atoms with Crippen LogP contribution in [0.25, 0.3) is 10.9 Å². The molecule has 2 N–H and O–H groups in total. The molecule has 1 aliphatic rings. The number of para-hydroxylation sites is 1. The molecule has 0 unspecified atom stereocenters. The van der Waals surface area contributed by atoms with Crippen LogP contribution in [0.5, 0.6) is 5.75 Å². The first-order valence-electron chi connectivity index (χ1n) is 8.33. The van der Waals surface area contributed by atoms with E-state index in [2.05, 4.69) is 4.98 Å². The fourth-order valence-electron chi connectivity index (χ4n) is 3.33. The summed E-state index contributed by atoms with van der Waals surface area (Å²) < 4.78 is 0.933. The zero-order valence-electron chi connectivity index (χ0n) is 13.9. The smallest absolute Gasteiger partial charge is 0.329 e. The van der Waals surface area contributed by atoms with Crippen LogP contribution < -0.4 is 11.2 Å². The van der Waals surface area contributed by atoms with Gasteiger partial charge in [-0.1, -0.05) is 18.2 Å². The van der Waals surface area contributed by atoms with Crippen molar-refractivity contribution in [2.24, 2.45) is 0 Å². The highest BCUT2D eigenvalue weighted by atomic mass is 16.3. The number of rotatable bonds is 2.